The Bertz CT molecular complexity index is 1200. The lowest BCUT2D eigenvalue weighted by Gasteiger charge is -2.20. The molecule has 0 spiro atoms. The molecule has 0 aliphatic rings. The molecule has 0 radical (unpaired) electrons. The second kappa shape index (κ2) is 10.4. The molecule has 2 aromatic carbocycles. The van der Waals surface area contributed by atoms with Crippen LogP contribution in [-0.2, 0) is 10.0 Å². The Labute approximate surface area is 194 Å². The van der Waals surface area contributed by atoms with E-state index in [0.29, 0.717) is 17.4 Å². The number of methoxy groups -OCH3 is 2. The van der Waals surface area contributed by atoms with Crippen molar-refractivity contribution in [1.82, 2.24) is 9.97 Å². The van der Waals surface area contributed by atoms with Gasteiger partial charge in [0.25, 0.3) is 10.0 Å². The first-order valence-corrected chi connectivity index (χ1v) is 12.0. The lowest BCUT2D eigenvalue weighted by atomic mass is 10.3. The third kappa shape index (κ3) is 5.83. The smallest absolute Gasteiger partial charge is 0.265 e. The molecule has 33 heavy (non-hydrogen) atoms. The summed E-state index contributed by atoms with van der Waals surface area (Å²) in [4.78, 5) is 11.2. The van der Waals surface area contributed by atoms with E-state index in [0.717, 1.165) is 30.3 Å². The van der Waals surface area contributed by atoms with E-state index in [1.807, 2.05) is 13.0 Å². The topological polar surface area (TPSA) is 106 Å². The highest BCUT2D eigenvalue weighted by Crippen LogP contribution is 2.30. The van der Waals surface area contributed by atoms with Crippen LogP contribution in [0, 0.1) is 6.92 Å². The summed E-state index contributed by atoms with van der Waals surface area (Å²) in [5.74, 6) is 1.97. The fourth-order valence-corrected chi connectivity index (χ4v) is 4.52. The van der Waals surface area contributed by atoms with Crippen molar-refractivity contribution in [2.45, 2.75) is 25.7 Å². The van der Waals surface area contributed by atoms with E-state index in [4.69, 9.17) is 9.47 Å². The van der Waals surface area contributed by atoms with Crippen molar-refractivity contribution in [2.24, 2.45) is 0 Å². The lowest BCUT2D eigenvalue weighted by molar-refractivity contribution is 0.392. The summed E-state index contributed by atoms with van der Waals surface area (Å²) in [6.45, 7) is 7.77. The molecule has 0 aliphatic heterocycles. The number of aromatic nitrogens is 2. The van der Waals surface area contributed by atoms with Gasteiger partial charge in [0.2, 0.25) is 5.95 Å². The van der Waals surface area contributed by atoms with E-state index in [2.05, 4.69) is 38.8 Å². The van der Waals surface area contributed by atoms with E-state index in [1.54, 1.807) is 36.4 Å². The van der Waals surface area contributed by atoms with Crippen molar-refractivity contribution < 1.29 is 17.9 Å². The van der Waals surface area contributed by atoms with Crippen LogP contribution < -0.4 is 24.4 Å². The number of nitrogens with zero attached hydrogens (tertiary/aromatic N) is 3. The molecule has 0 saturated carbocycles. The summed E-state index contributed by atoms with van der Waals surface area (Å²) < 4.78 is 38.8. The minimum atomic E-state index is -3.89. The van der Waals surface area contributed by atoms with Gasteiger partial charge in [-0.1, -0.05) is 0 Å². The zero-order valence-corrected chi connectivity index (χ0v) is 20.2. The molecule has 10 heteroatoms. The van der Waals surface area contributed by atoms with Crippen LogP contribution in [0.1, 0.15) is 19.5 Å². The van der Waals surface area contributed by atoms with Gasteiger partial charge in [-0.25, -0.2) is 13.4 Å². The average molecular weight is 472 g/mol. The molecule has 1 heterocycles. The fourth-order valence-electron chi connectivity index (χ4n) is 3.27. The van der Waals surface area contributed by atoms with Gasteiger partial charge in [0.15, 0.2) is 0 Å². The van der Waals surface area contributed by atoms with Crippen molar-refractivity contribution in [2.75, 3.05) is 42.2 Å². The number of benzene rings is 2. The van der Waals surface area contributed by atoms with Crippen LogP contribution in [0.3, 0.4) is 0 Å². The Morgan fingerprint density at radius 3 is 2.18 bits per heavy atom. The second-order valence-electron chi connectivity index (χ2n) is 7.19. The van der Waals surface area contributed by atoms with E-state index >= 15 is 0 Å². The van der Waals surface area contributed by atoms with Gasteiger partial charge in [-0.15, -0.1) is 0 Å². The summed E-state index contributed by atoms with van der Waals surface area (Å²) in [6, 6.07) is 13.4. The Balaban J connectivity index is 1.79. The van der Waals surface area contributed by atoms with Gasteiger partial charge in [0.05, 0.1) is 14.2 Å². The Morgan fingerprint density at radius 1 is 0.909 bits per heavy atom. The molecule has 0 amide bonds. The van der Waals surface area contributed by atoms with Gasteiger partial charge in [0.1, 0.15) is 22.2 Å². The predicted molar refractivity (Wildman–Crippen MR) is 130 cm³/mol. The summed E-state index contributed by atoms with van der Waals surface area (Å²) in [7, 11) is -1.00. The molecule has 0 bridgehead atoms. The van der Waals surface area contributed by atoms with Crippen molar-refractivity contribution >= 4 is 33.2 Å². The minimum Gasteiger partial charge on any atom is -0.497 e. The van der Waals surface area contributed by atoms with E-state index in [1.165, 1.54) is 20.3 Å². The molecule has 0 atom stereocenters. The highest BCUT2D eigenvalue weighted by atomic mass is 32.2. The highest BCUT2D eigenvalue weighted by molar-refractivity contribution is 7.92. The Hall–Kier alpha value is -3.53. The number of hydrogen-bond donors (Lipinski definition) is 2. The second-order valence-corrected chi connectivity index (χ2v) is 8.84. The van der Waals surface area contributed by atoms with Crippen LogP contribution in [-0.4, -0.2) is 45.7 Å². The molecule has 2 N–H and O–H groups in total. The molecule has 0 saturated heterocycles. The Morgan fingerprint density at radius 2 is 1.58 bits per heavy atom. The van der Waals surface area contributed by atoms with Crippen LogP contribution in [0.25, 0.3) is 0 Å². The van der Waals surface area contributed by atoms with Gasteiger partial charge in [-0.2, -0.15) is 4.98 Å². The van der Waals surface area contributed by atoms with E-state index in [-0.39, 0.29) is 10.6 Å². The SMILES string of the molecule is CCN(CC)c1cc(C)nc(Nc2ccc(NS(=O)(=O)c3cc(OC)ccc3OC)cc2)n1. The molecule has 0 unspecified atom stereocenters. The lowest BCUT2D eigenvalue weighted by Crippen LogP contribution is -2.23. The van der Waals surface area contributed by atoms with E-state index < -0.39 is 10.0 Å². The molecular weight excluding hydrogens is 442 g/mol. The van der Waals surface area contributed by atoms with Crippen LogP contribution in [0.4, 0.5) is 23.1 Å². The maximum Gasteiger partial charge on any atom is 0.265 e. The van der Waals surface area contributed by atoms with Crippen LogP contribution in [0.2, 0.25) is 0 Å². The monoisotopic (exact) mass is 471 g/mol. The normalized spacial score (nSPS) is 11.1. The number of ether oxygens (including phenoxy) is 2. The summed E-state index contributed by atoms with van der Waals surface area (Å²) in [6.07, 6.45) is 0. The number of aryl methyl sites for hydroxylation is 1. The third-order valence-corrected chi connectivity index (χ3v) is 6.38. The molecule has 1 aromatic heterocycles. The molecule has 0 fully saturated rings. The van der Waals surface area contributed by atoms with Crippen molar-refractivity contribution in [3.8, 4) is 11.5 Å². The predicted octanol–water partition coefficient (Wildman–Crippen LogP) is 4.19. The summed E-state index contributed by atoms with van der Waals surface area (Å²) in [5, 5.41) is 3.18. The molecule has 9 nitrogen and oxygen atoms in total. The van der Waals surface area contributed by atoms with Crippen molar-refractivity contribution in [3.63, 3.8) is 0 Å². The van der Waals surface area contributed by atoms with Gasteiger partial charge >= 0.3 is 0 Å². The van der Waals surface area contributed by atoms with Gasteiger partial charge < -0.3 is 19.7 Å². The van der Waals surface area contributed by atoms with Crippen molar-refractivity contribution in [3.05, 3.63) is 54.2 Å². The summed E-state index contributed by atoms with van der Waals surface area (Å²) in [5.41, 5.74) is 1.98. The zero-order chi connectivity index (χ0) is 24.0. The number of anilines is 4. The third-order valence-electron chi connectivity index (χ3n) is 4.98. The van der Waals surface area contributed by atoms with Crippen LogP contribution >= 0.6 is 0 Å². The standard InChI is InChI=1S/C23H29N5O4S/c1-6-28(7-2)22-14-16(3)24-23(26-22)25-17-8-10-18(11-9-17)27-33(29,30)21-15-19(31-4)12-13-20(21)32-5/h8-15,27H,6-7H2,1-5H3,(H,24,25,26). The number of sulfonamides is 1. The van der Waals surface area contributed by atoms with Crippen LogP contribution in [0.15, 0.2) is 53.4 Å². The zero-order valence-electron chi connectivity index (χ0n) is 19.4. The molecule has 3 aromatic rings. The molecular formula is C23H29N5O4S. The first-order chi connectivity index (χ1) is 15.8. The number of rotatable bonds is 10. The van der Waals surface area contributed by atoms with Gasteiger partial charge in [-0.05, 0) is 57.2 Å². The van der Waals surface area contributed by atoms with Gasteiger partial charge in [-0.3, -0.25) is 4.72 Å². The largest absolute Gasteiger partial charge is 0.497 e. The number of hydrogen-bond acceptors (Lipinski definition) is 8. The first kappa shape index (κ1) is 24.1. The minimum absolute atomic E-state index is 0.0105. The quantitative estimate of drug-likeness (QED) is 0.453. The number of nitrogens with one attached hydrogen (secondary N) is 2. The average Bonchev–Trinajstić information content (AvgIpc) is 2.80. The van der Waals surface area contributed by atoms with Crippen molar-refractivity contribution in [1.29, 1.82) is 0 Å². The fraction of sp³-hybridized carbons (Fsp3) is 0.304. The van der Waals surface area contributed by atoms with Crippen LogP contribution in [0.5, 0.6) is 11.5 Å². The first-order valence-electron chi connectivity index (χ1n) is 10.5. The highest BCUT2D eigenvalue weighted by Gasteiger charge is 2.21. The molecule has 176 valence electrons. The molecule has 0 aliphatic carbocycles. The summed E-state index contributed by atoms with van der Waals surface area (Å²) >= 11 is 0. The maximum absolute atomic E-state index is 12.9. The maximum atomic E-state index is 12.9. The Kier molecular flexibility index (Phi) is 7.59. The van der Waals surface area contributed by atoms with Gasteiger partial charge in [0, 0.05) is 42.3 Å². The molecule has 3 rings (SSSR count). The van der Waals surface area contributed by atoms with E-state index in [9.17, 15) is 8.42 Å².